The van der Waals surface area contributed by atoms with Crippen LogP contribution in [0.5, 0.6) is 0 Å². The molecule has 0 spiro atoms. The van der Waals surface area contributed by atoms with Crippen LogP contribution in [0, 0.1) is 0 Å². The molecular weight excluding hydrogens is 292 g/mol. The van der Waals surface area contributed by atoms with Crippen molar-refractivity contribution in [2.75, 3.05) is 48.3 Å². The van der Waals surface area contributed by atoms with E-state index >= 15 is 0 Å². The van der Waals surface area contributed by atoms with Gasteiger partial charge in [-0.1, -0.05) is 0 Å². The Labute approximate surface area is 124 Å². The van der Waals surface area contributed by atoms with Crippen molar-refractivity contribution in [3.05, 3.63) is 6.33 Å². The van der Waals surface area contributed by atoms with Crippen molar-refractivity contribution in [1.82, 2.24) is 19.9 Å². The van der Waals surface area contributed by atoms with Crippen LogP contribution in [0.2, 0.25) is 0 Å². The molecular formula is C12H20N6O2S. The van der Waals surface area contributed by atoms with Crippen LogP contribution in [0.15, 0.2) is 6.33 Å². The van der Waals surface area contributed by atoms with Crippen molar-refractivity contribution in [2.24, 2.45) is 0 Å². The molecule has 0 radical (unpaired) electrons. The molecule has 2 saturated heterocycles. The molecule has 2 N–H and O–H groups in total. The topological polar surface area (TPSA) is 105 Å². The Kier molecular flexibility index (Phi) is 3.94. The first kappa shape index (κ1) is 14.5. The van der Waals surface area contributed by atoms with E-state index in [4.69, 9.17) is 5.73 Å². The third-order valence-electron chi connectivity index (χ3n) is 4.22. The standard InChI is InChI=1S/C12H20N6O2S/c13-11-14-9-15-12(16-11)18-5-3-17(4-6-18)10-1-7-21(19,20)8-2-10/h9-10H,1-8H2,(H2,13,14,15,16). The number of nitrogens with zero attached hydrogens (tertiary/aromatic N) is 5. The minimum atomic E-state index is -2.79. The van der Waals surface area contributed by atoms with Gasteiger partial charge in [0.05, 0.1) is 11.5 Å². The second-order valence-corrected chi connectivity index (χ2v) is 7.85. The van der Waals surface area contributed by atoms with Crippen molar-refractivity contribution < 1.29 is 8.42 Å². The minimum absolute atomic E-state index is 0.236. The normalized spacial score (nSPS) is 24.1. The average Bonchev–Trinajstić information content (AvgIpc) is 2.47. The third kappa shape index (κ3) is 3.41. The van der Waals surface area contributed by atoms with E-state index in [1.807, 2.05) is 0 Å². The van der Waals surface area contributed by atoms with Crippen LogP contribution in [0.1, 0.15) is 12.8 Å². The highest BCUT2D eigenvalue weighted by Crippen LogP contribution is 2.20. The lowest BCUT2D eigenvalue weighted by atomic mass is 10.1. The summed E-state index contributed by atoms with van der Waals surface area (Å²) in [5.74, 6) is 1.50. The fourth-order valence-electron chi connectivity index (χ4n) is 2.98. The predicted octanol–water partition coefficient (Wildman–Crippen LogP) is -0.847. The zero-order valence-corrected chi connectivity index (χ0v) is 12.7. The first-order valence-electron chi connectivity index (χ1n) is 7.17. The molecule has 0 unspecified atom stereocenters. The molecule has 116 valence electrons. The van der Waals surface area contributed by atoms with Crippen LogP contribution in [-0.4, -0.2) is 72.0 Å². The van der Waals surface area contributed by atoms with Gasteiger partial charge >= 0.3 is 0 Å². The maximum atomic E-state index is 11.5. The molecule has 0 saturated carbocycles. The summed E-state index contributed by atoms with van der Waals surface area (Å²) in [6.07, 6.45) is 2.93. The highest BCUT2D eigenvalue weighted by molar-refractivity contribution is 7.91. The summed E-state index contributed by atoms with van der Waals surface area (Å²) in [5.41, 5.74) is 5.58. The smallest absolute Gasteiger partial charge is 0.230 e. The van der Waals surface area contributed by atoms with Gasteiger partial charge in [-0.25, -0.2) is 18.4 Å². The largest absolute Gasteiger partial charge is 0.368 e. The fourth-order valence-corrected chi connectivity index (χ4v) is 4.45. The Hall–Kier alpha value is -1.48. The Bertz CT molecular complexity index is 586. The number of anilines is 2. The van der Waals surface area contributed by atoms with Crippen molar-refractivity contribution in [3.63, 3.8) is 0 Å². The number of hydrogen-bond donors (Lipinski definition) is 1. The molecule has 2 aliphatic rings. The molecule has 0 amide bonds. The van der Waals surface area contributed by atoms with E-state index in [-0.39, 0.29) is 5.95 Å². The molecule has 2 fully saturated rings. The van der Waals surface area contributed by atoms with Crippen LogP contribution in [0.4, 0.5) is 11.9 Å². The van der Waals surface area contributed by atoms with Crippen molar-refractivity contribution in [1.29, 1.82) is 0 Å². The van der Waals surface area contributed by atoms with Crippen molar-refractivity contribution in [3.8, 4) is 0 Å². The average molecular weight is 312 g/mol. The third-order valence-corrected chi connectivity index (χ3v) is 5.93. The molecule has 0 aromatic carbocycles. The lowest BCUT2D eigenvalue weighted by molar-refractivity contribution is 0.173. The van der Waals surface area contributed by atoms with Gasteiger partial charge in [0, 0.05) is 32.2 Å². The molecule has 1 aromatic heterocycles. The summed E-state index contributed by atoms with van der Waals surface area (Å²) in [7, 11) is -2.79. The van der Waals surface area contributed by atoms with Crippen molar-refractivity contribution >= 4 is 21.7 Å². The number of nitrogen functional groups attached to an aromatic ring is 1. The molecule has 0 bridgehead atoms. The van der Waals surface area contributed by atoms with Gasteiger partial charge in [0.2, 0.25) is 11.9 Å². The second-order valence-electron chi connectivity index (χ2n) is 5.55. The van der Waals surface area contributed by atoms with Gasteiger partial charge < -0.3 is 10.6 Å². The molecule has 21 heavy (non-hydrogen) atoms. The molecule has 3 heterocycles. The van der Waals surface area contributed by atoms with Gasteiger partial charge in [-0.15, -0.1) is 0 Å². The molecule has 1 aromatic rings. The summed E-state index contributed by atoms with van der Waals surface area (Å²) in [4.78, 5) is 16.6. The van der Waals surface area contributed by atoms with Gasteiger partial charge in [0.15, 0.2) is 0 Å². The number of piperazine rings is 1. The van der Waals surface area contributed by atoms with Crippen molar-refractivity contribution in [2.45, 2.75) is 18.9 Å². The maximum absolute atomic E-state index is 11.5. The van der Waals surface area contributed by atoms with E-state index in [1.165, 1.54) is 6.33 Å². The zero-order valence-electron chi connectivity index (χ0n) is 11.8. The molecule has 0 aliphatic carbocycles. The zero-order chi connectivity index (χ0) is 14.9. The SMILES string of the molecule is Nc1ncnc(N2CCN(C3CCS(=O)(=O)CC3)CC2)n1. The first-order valence-corrected chi connectivity index (χ1v) is 8.99. The number of sulfone groups is 1. The summed E-state index contributed by atoms with van der Waals surface area (Å²) in [6, 6.07) is 0.388. The lowest BCUT2D eigenvalue weighted by Crippen LogP contribution is -2.52. The predicted molar refractivity (Wildman–Crippen MR) is 79.7 cm³/mol. The van der Waals surface area contributed by atoms with E-state index in [9.17, 15) is 8.42 Å². The van der Waals surface area contributed by atoms with E-state index in [0.29, 0.717) is 23.5 Å². The molecule has 3 rings (SSSR count). The Morgan fingerprint density at radius 2 is 1.76 bits per heavy atom. The number of nitrogens with two attached hydrogens (primary N) is 1. The van der Waals surface area contributed by atoms with E-state index in [0.717, 1.165) is 39.0 Å². The quantitative estimate of drug-likeness (QED) is 0.753. The number of rotatable bonds is 2. The van der Waals surface area contributed by atoms with Gasteiger partial charge in [-0.05, 0) is 12.8 Å². The van der Waals surface area contributed by atoms with Crippen LogP contribution < -0.4 is 10.6 Å². The highest BCUT2D eigenvalue weighted by atomic mass is 32.2. The summed E-state index contributed by atoms with van der Waals surface area (Å²) in [5, 5.41) is 0. The van der Waals surface area contributed by atoms with E-state index in [2.05, 4.69) is 24.8 Å². The monoisotopic (exact) mass is 312 g/mol. The number of hydrogen-bond acceptors (Lipinski definition) is 8. The highest BCUT2D eigenvalue weighted by Gasteiger charge is 2.30. The van der Waals surface area contributed by atoms with Gasteiger partial charge in [0.25, 0.3) is 0 Å². The second kappa shape index (κ2) is 5.72. The number of aromatic nitrogens is 3. The van der Waals surface area contributed by atoms with Crippen LogP contribution in [0.25, 0.3) is 0 Å². The molecule has 0 atom stereocenters. The Balaban J connectivity index is 1.56. The summed E-state index contributed by atoms with van der Waals surface area (Å²) in [6.45, 7) is 3.45. The first-order chi connectivity index (χ1) is 10.0. The van der Waals surface area contributed by atoms with Gasteiger partial charge in [-0.2, -0.15) is 4.98 Å². The molecule has 2 aliphatic heterocycles. The van der Waals surface area contributed by atoms with Crippen LogP contribution in [0.3, 0.4) is 0 Å². The molecule has 8 nitrogen and oxygen atoms in total. The van der Waals surface area contributed by atoms with Gasteiger partial charge in [0.1, 0.15) is 16.2 Å². The summed E-state index contributed by atoms with van der Waals surface area (Å²) < 4.78 is 23.0. The lowest BCUT2D eigenvalue weighted by Gasteiger charge is -2.40. The van der Waals surface area contributed by atoms with Crippen LogP contribution in [-0.2, 0) is 9.84 Å². The van der Waals surface area contributed by atoms with Crippen LogP contribution >= 0.6 is 0 Å². The Morgan fingerprint density at radius 3 is 2.38 bits per heavy atom. The minimum Gasteiger partial charge on any atom is -0.368 e. The fraction of sp³-hybridized carbons (Fsp3) is 0.750. The summed E-state index contributed by atoms with van der Waals surface area (Å²) >= 11 is 0. The maximum Gasteiger partial charge on any atom is 0.230 e. The molecule has 9 heteroatoms. The van der Waals surface area contributed by atoms with E-state index in [1.54, 1.807) is 0 Å². The van der Waals surface area contributed by atoms with E-state index < -0.39 is 9.84 Å². The Morgan fingerprint density at radius 1 is 1.10 bits per heavy atom. The van der Waals surface area contributed by atoms with Gasteiger partial charge in [-0.3, -0.25) is 4.90 Å².